The first-order valence-electron chi connectivity index (χ1n) is 7.50. The molecule has 0 radical (unpaired) electrons. The van der Waals surface area contributed by atoms with Gasteiger partial charge in [0.1, 0.15) is 0 Å². The maximum Gasteiger partial charge on any atom is 0.251 e. The van der Waals surface area contributed by atoms with Crippen LogP contribution in [0.4, 0.5) is 0 Å². The van der Waals surface area contributed by atoms with Crippen LogP contribution in [-0.2, 0) is 15.4 Å². The van der Waals surface area contributed by atoms with Gasteiger partial charge in [0.25, 0.3) is 5.91 Å². The van der Waals surface area contributed by atoms with E-state index < -0.39 is 10.0 Å². The Morgan fingerprint density at radius 1 is 1.26 bits per heavy atom. The molecule has 5 nitrogen and oxygen atoms in total. The number of carbonyl (C=O) groups excluding carboxylic acids is 1. The minimum Gasteiger partial charge on any atom is -0.351 e. The van der Waals surface area contributed by atoms with Crippen LogP contribution in [0.25, 0.3) is 0 Å². The van der Waals surface area contributed by atoms with E-state index in [0.29, 0.717) is 5.56 Å². The summed E-state index contributed by atoms with van der Waals surface area (Å²) in [6.45, 7) is 10.6. The lowest BCUT2D eigenvalue weighted by molar-refractivity contribution is 0.0952. The van der Waals surface area contributed by atoms with Crippen LogP contribution < -0.4 is 5.32 Å². The van der Waals surface area contributed by atoms with Crippen LogP contribution in [0.15, 0.2) is 36.9 Å². The summed E-state index contributed by atoms with van der Waals surface area (Å²) in [5.41, 5.74) is 1.76. The zero-order valence-corrected chi connectivity index (χ0v) is 15.1. The number of hydrogen-bond donors (Lipinski definition) is 1. The van der Waals surface area contributed by atoms with Crippen molar-refractivity contribution in [2.45, 2.75) is 26.2 Å². The molecule has 0 spiro atoms. The quantitative estimate of drug-likeness (QED) is 0.775. The van der Waals surface area contributed by atoms with Gasteiger partial charge in [-0.3, -0.25) is 4.79 Å². The lowest BCUT2D eigenvalue weighted by atomic mass is 9.87. The maximum atomic E-state index is 12.1. The molecule has 0 aromatic heterocycles. The average Bonchev–Trinajstić information content (AvgIpc) is 2.44. The number of rotatable bonds is 7. The van der Waals surface area contributed by atoms with Gasteiger partial charge in [0.15, 0.2) is 0 Å². The first-order valence-corrected chi connectivity index (χ1v) is 9.35. The minimum atomic E-state index is -3.30. The van der Waals surface area contributed by atoms with Gasteiger partial charge in [-0.2, -0.15) is 4.31 Å². The molecule has 0 aliphatic rings. The first-order chi connectivity index (χ1) is 10.6. The molecule has 6 heteroatoms. The Balaban J connectivity index is 2.61. The van der Waals surface area contributed by atoms with E-state index in [1.54, 1.807) is 12.1 Å². The van der Waals surface area contributed by atoms with Gasteiger partial charge in [-0.1, -0.05) is 39.0 Å². The van der Waals surface area contributed by atoms with Crippen molar-refractivity contribution in [3.8, 4) is 0 Å². The Hall–Kier alpha value is -1.66. The number of hydrogen-bond acceptors (Lipinski definition) is 3. The third-order valence-corrected chi connectivity index (χ3v) is 4.73. The van der Waals surface area contributed by atoms with Crippen LogP contribution in [0, 0.1) is 0 Å². The van der Waals surface area contributed by atoms with Gasteiger partial charge >= 0.3 is 0 Å². The molecule has 0 unspecified atom stereocenters. The van der Waals surface area contributed by atoms with Gasteiger partial charge in [0.2, 0.25) is 10.0 Å². The van der Waals surface area contributed by atoms with Gasteiger partial charge in [0, 0.05) is 25.2 Å². The molecule has 0 fully saturated rings. The van der Waals surface area contributed by atoms with E-state index in [2.05, 4.69) is 32.7 Å². The van der Waals surface area contributed by atoms with E-state index in [1.165, 1.54) is 10.4 Å². The number of sulfonamides is 1. The molecule has 0 bridgehead atoms. The third kappa shape index (κ3) is 6.15. The molecule has 1 amide bonds. The first kappa shape index (κ1) is 19.4. The lowest BCUT2D eigenvalue weighted by Crippen LogP contribution is -2.38. The molecule has 0 heterocycles. The molecular formula is C17H26N2O3S. The summed E-state index contributed by atoms with van der Waals surface area (Å²) in [5, 5.41) is 2.74. The Bertz CT molecular complexity index is 643. The SMILES string of the molecule is C=CCN(CCNC(=O)c1ccc(C(C)(C)C)cc1)S(C)(=O)=O. The predicted octanol–water partition coefficient (Wildman–Crippen LogP) is 2.16. The smallest absolute Gasteiger partial charge is 0.251 e. The van der Waals surface area contributed by atoms with E-state index in [9.17, 15) is 13.2 Å². The number of nitrogens with one attached hydrogen (secondary N) is 1. The third-order valence-electron chi connectivity index (χ3n) is 3.46. The highest BCUT2D eigenvalue weighted by atomic mass is 32.2. The van der Waals surface area contributed by atoms with Gasteiger partial charge in [-0.15, -0.1) is 6.58 Å². The minimum absolute atomic E-state index is 0.0374. The Morgan fingerprint density at radius 2 is 1.83 bits per heavy atom. The molecule has 0 saturated heterocycles. The fourth-order valence-electron chi connectivity index (χ4n) is 2.05. The van der Waals surface area contributed by atoms with E-state index in [4.69, 9.17) is 0 Å². The molecule has 0 atom stereocenters. The topological polar surface area (TPSA) is 66.5 Å². The van der Waals surface area contributed by atoms with E-state index in [-0.39, 0.29) is 31.0 Å². The molecule has 1 aromatic carbocycles. The second-order valence-corrected chi connectivity index (χ2v) is 8.48. The van der Waals surface area contributed by atoms with Crippen molar-refractivity contribution in [3.63, 3.8) is 0 Å². The van der Waals surface area contributed by atoms with E-state index in [0.717, 1.165) is 11.8 Å². The molecule has 23 heavy (non-hydrogen) atoms. The van der Waals surface area contributed by atoms with Crippen molar-refractivity contribution in [2.24, 2.45) is 0 Å². The summed E-state index contributed by atoms with van der Waals surface area (Å²) in [7, 11) is -3.30. The summed E-state index contributed by atoms with van der Waals surface area (Å²) in [6, 6.07) is 7.45. The van der Waals surface area contributed by atoms with Crippen LogP contribution in [-0.4, -0.2) is 44.5 Å². The Morgan fingerprint density at radius 3 is 2.26 bits per heavy atom. The maximum absolute atomic E-state index is 12.1. The number of benzene rings is 1. The highest BCUT2D eigenvalue weighted by molar-refractivity contribution is 7.88. The second kappa shape index (κ2) is 7.75. The van der Waals surface area contributed by atoms with Crippen molar-refractivity contribution >= 4 is 15.9 Å². The zero-order chi connectivity index (χ0) is 17.7. The van der Waals surface area contributed by atoms with Gasteiger partial charge in [0.05, 0.1) is 6.26 Å². The largest absolute Gasteiger partial charge is 0.351 e. The molecule has 128 valence electrons. The highest BCUT2D eigenvalue weighted by Crippen LogP contribution is 2.22. The lowest BCUT2D eigenvalue weighted by Gasteiger charge is -2.19. The normalized spacial score (nSPS) is 12.2. The summed E-state index contributed by atoms with van der Waals surface area (Å²) in [6.07, 6.45) is 2.66. The monoisotopic (exact) mass is 338 g/mol. The highest BCUT2D eigenvalue weighted by Gasteiger charge is 2.16. The average molecular weight is 338 g/mol. The summed E-state index contributed by atoms with van der Waals surface area (Å²) in [5.74, 6) is -0.211. The fourth-order valence-corrected chi connectivity index (χ4v) is 2.85. The Kier molecular flexibility index (Phi) is 6.53. The predicted molar refractivity (Wildman–Crippen MR) is 94.1 cm³/mol. The summed E-state index contributed by atoms with van der Waals surface area (Å²) >= 11 is 0. The molecule has 0 aliphatic carbocycles. The van der Waals surface area contributed by atoms with Crippen LogP contribution in [0.1, 0.15) is 36.7 Å². The number of nitrogens with zero attached hydrogens (tertiary/aromatic N) is 1. The molecule has 0 aliphatic heterocycles. The van der Waals surface area contributed by atoms with Crippen molar-refractivity contribution in [3.05, 3.63) is 48.0 Å². The fraction of sp³-hybridized carbons (Fsp3) is 0.471. The van der Waals surface area contributed by atoms with Gasteiger partial charge in [-0.25, -0.2) is 8.42 Å². The van der Waals surface area contributed by atoms with Crippen LogP contribution in [0.3, 0.4) is 0 Å². The van der Waals surface area contributed by atoms with Crippen LogP contribution in [0.5, 0.6) is 0 Å². The van der Waals surface area contributed by atoms with Crippen molar-refractivity contribution in [1.82, 2.24) is 9.62 Å². The molecule has 1 N–H and O–H groups in total. The number of amides is 1. The van der Waals surface area contributed by atoms with Crippen molar-refractivity contribution in [2.75, 3.05) is 25.9 Å². The summed E-state index contributed by atoms with van der Waals surface area (Å²) in [4.78, 5) is 12.1. The molecule has 1 rings (SSSR count). The summed E-state index contributed by atoms with van der Waals surface area (Å²) < 4.78 is 24.4. The van der Waals surface area contributed by atoms with Gasteiger partial charge in [-0.05, 0) is 23.1 Å². The standard InChI is InChI=1S/C17H26N2O3S/c1-6-12-19(23(5,21)22)13-11-18-16(20)14-7-9-15(10-8-14)17(2,3)4/h6-10H,1,11-13H2,2-5H3,(H,18,20). The molecular weight excluding hydrogens is 312 g/mol. The van der Waals surface area contributed by atoms with Crippen LogP contribution >= 0.6 is 0 Å². The van der Waals surface area contributed by atoms with E-state index >= 15 is 0 Å². The van der Waals surface area contributed by atoms with Crippen molar-refractivity contribution < 1.29 is 13.2 Å². The Labute approximate surface area is 139 Å². The molecule has 0 saturated carbocycles. The molecule has 1 aromatic rings. The van der Waals surface area contributed by atoms with Gasteiger partial charge < -0.3 is 5.32 Å². The van der Waals surface area contributed by atoms with Crippen molar-refractivity contribution in [1.29, 1.82) is 0 Å². The second-order valence-electron chi connectivity index (χ2n) is 6.49. The van der Waals surface area contributed by atoms with Crippen LogP contribution in [0.2, 0.25) is 0 Å². The zero-order valence-electron chi connectivity index (χ0n) is 14.3. The van der Waals surface area contributed by atoms with E-state index in [1.807, 2.05) is 12.1 Å². The number of carbonyl (C=O) groups is 1.